The zero-order valence-corrected chi connectivity index (χ0v) is 19.7. The number of amides is 2. The van der Waals surface area contributed by atoms with Gasteiger partial charge in [0.05, 0.1) is 26.3 Å². The first kappa shape index (κ1) is 24.4. The molecule has 0 N–H and O–H groups in total. The first-order valence-corrected chi connectivity index (χ1v) is 12.0. The van der Waals surface area contributed by atoms with Gasteiger partial charge in [-0.1, -0.05) is 19.1 Å². The summed E-state index contributed by atoms with van der Waals surface area (Å²) in [6.45, 7) is 9.06. The predicted octanol–water partition coefficient (Wildman–Crippen LogP) is 3.30. The standard InChI is InChI=1S/C24H32FN3O3S/c1-3-23(29)27(10-9-26-11-13-31-14-12-26)18-24(30)28(17-22-19(2)8-15-32-22)16-20-4-6-21(25)7-5-20/h4-8,15H,3,9-14,16-18H2,1-2H3. The van der Waals surface area contributed by atoms with Crippen LogP contribution in [0.1, 0.15) is 29.3 Å². The summed E-state index contributed by atoms with van der Waals surface area (Å²) in [4.78, 5) is 32.7. The van der Waals surface area contributed by atoms with Crippen LogP contribution < -0.4 is 0 Å². The van der Waals surface area contributed by atoms with E-state index in [0.29, 0.717) is 39.3 Å². The third-order valence-electron chi connectivity index (χ3n) is 5.71. The summed E-state index contributed by atoms with van der Waals surface area (Å²) in [5, 5.41) is 2.01. The van der Waals surface area contributed by atoms with Crippen molar-refractivity contribution in [1.82, 2.24) is 14.7 Å². The highest BCUT2D eigenvalue weighted by molar-refractivity contribution is 7.10. The molecule has 0 atom stereocenters. The fourth-order valence-electron chi connectivity index (χ4n) is 3.65. The molecule has 0 aliphatic carbocycles. The molecular formula is C24H32FN3O3S. The lowest BCUT2D eigenvalue weighted by Crippen LogP contribution is -2.46. The molecule has 1 aliphatic heterocycles. The quantitative estimate of drug-likeness (QED) is 0.545. The first-order valence-electron chi connectivity index (χ1n) is 11.1. The number of hydrogen-bond donors (Lipinski definition) is 0. The number of aryl methyl sites for hydroxylation is 1. The minimum atomic E-state index is -0.302. The Bertz CT molecular complexity index is 881. The van der Waals surface area contributed by atoms with Crippen molar-refractivity contribution < 1.29 is 18.7 Å². The summed E-state index contributed by atoms with van der Waals surface area (Å²) in [6, 6.07) is 8.25. The maximum absolute atomic E-state index is 13.4. The fraction of sp³-hybridized carbons (Fsp3) is 0.500. The van der Waals surface area contributed by atoms with E-state index in [1.165, 1.54) is 12.1 Å². The van der Waals surface area contributed by atoms with Gasteiger partial charge in [-0.2, -0.15) is 0 Å². The Morgan fingerprint density at radius 3 is 2.41 bits per heavy atom. The van der Waals surface area contributed by atoms with Gasteiger partial charge in [-0.25, -0.2) is 4.39 Å². The van der Waals surface area contributed by atoms with Crippen molar-refractivity contribution >= 4 is 23.2 Å². The van der Waals surface area contributed by atoms with Crippen molar-refractivity contribution in [2.45, 2.75) is 33.4 Å². The number of ether oxygens (including phenoxy) is 1. The first-order chi connectivity index (χ1) is 15.5. The third-order valence-corrected chi connectivity index (χ3v) is 6.72. The molecule has 2 heterocycles. The topological polar surface area (TPSA) is 53.1 Å². The Morgan fingerprint density at radius 1 is 1.06 bits per heavy atom. The molecule has 1 aliphatic rings. The number of hydrogen-bond acceptors (Lipinski definition) is 5. The highest BCUT2D eigenvalue weighted by Crippen LogP contribution is 2.20. The van der Waals surface area contributed by atoms with Crippen molar-refractivity contribution in [2.24, 2.45) is 0 Å². The zero-order valence-electron chi connectivity index (χ0n) is 18.9. The highest BCUT2D eigenvalue weighted by Gasteiger charge is 2.23. The molecule has 2 amide bonds. The van der Waals surface area contributed by atoms with Gasteiger partial charge in [-0.15, -0.1) is 11.3 Å². The lowest BCUT2D eigenvalue weighted by atomic mass is 10.2. The molecule has 32 heavy (non-hydrogen) atoms. The van der Waals surface area contributed by atoms with Crippen LogP contribution in [0.5, 0.6) is 0 Å². The highest BCUT2D eigenvalue weighted by atomic mass is 32.1. The number of rotatable bonds is 10. The second kappa shape index (κ2) is 12.1. The van der Waals surface area contributed by atoms with Crippen LogP contribution in [-0.2, 0) is 27.4 Å². The lowest BCUT2D eigenvalue weighted by molar-refractivity contribution is -0.141. The van der Waals surface area contributed by atoms with Crippen LogP contribution in [-0.4, -0.2) is 72.5 Å². The molecule has 1 aromatic heterocycles. The zero-order chi connectivity index (χ0) is 22.9. The van der Waals surface area contributed by atoms with E-state index < -0.39 is 0 Å². The summed E-state index contributed by atoms with van der Waals surface area (Å²) < 4.78 is 18.7. The average molecular weight is 462 g/mol. The van der Waals surface area contributed by atoms with Crippen molar-refractivity contribution in [3.05, 3.63) is 57.5 Å². The molecule has 3 rings (SSSR count). The smallest absolute Gasteiger partial charge is 0.242 e. The van der Waals surface area contributed by atoms with Gasteiger partial charge in [0.15, 0.2) is 0 Å². The number of halogens is 1. The van der Waals surface area contributed by atoms with Crippen molar-refractivity contribution in [2.75, 3.05) is 45.9 Å². The predicted molar refractivity (Wildman–Crippen MR) is 124 cm³/mol. The van der Waals surface area contributed by atoms with E-state index in [1.807, 2.05) is 25.3 Å². The molecule has 1 saturated heterocycles. The summed E-state index contributed by atoms with van der Waals surface area (Å²) in [7, 11) is 0. The fourth-order valence-corrected chi connectivity index (χ4v) is 4.57. The number of nitrogens with zero attached hydrogens (tertiary/aromatic N) is 3. The van der Waals surface area contributed by atoms with Crippen LogP contribution in [0.2, 0.25) is 0 Å². The summed E-state index contributed by atoms with van der Waals surface area (Å²) in [6.07, 6.45) is 0.360. The Kier molecular flexibility index (Phi) is 9.20. The number of morpholine rings is 1. The van der Waals surface area contributed by atoms with Crippen LogP contribution in [0.15, 0.2) is 35.7 Å². The van der Waals surface area contributed by atoms with Crippen molar-refractivity contribution in [3.8, 4) is 0 Å². The molecule has 6 nitrogen and oxygen atoms in total. The van der Waals surface area contributed by atoms with Gasteiger partial charge in [-0.3, -0.25) is 14.5 Å². The number of benzene rings is 1. The Labute approximate surface area is 193 Å². The van der Waals surface area contributed by atoms with E-state index in [4.69, 9.17) is 4.74 Å². The van der Waals surface area contributed by atoms with Crippen LogP contribution in [0.3, 0.4) is 0 Å². The van der Waals surface area contributed by atoms with E-state index in [1.54, 1.807) is 33.3 Å². The van der Waals surface area contributed by atoms with E-state index in [9.17, 15) is 14.0 Å². The van der Waals surface area contributed by atoms with Gasteiger partial charge in [0.25, 0.3) is 0 Å². The second-order valence-electron chi connectivity index (χ2n) is 8.03. The minimum Gasteiger partial charge on any atom is -0.379 e. The third kappa shape index (κ3) is 7.12. The Morgan fingerprint density at radius 2 is 1.78 bits per heavy atom. The molecule has 0 saturated carbocycles. The molecule has 1 aromatic carbocycles. The monoisotopic (exact) mass is 461 g/mol. The summed E-state index contributed by atoms with van der Waals surface area (Å²) in [5.41, 5.74) is 2.00. The molecule has 0 unspecified atom stereocenters. The Balaban J connectivity index is 1.70. The van der Waals surface area contributed by atoms with Gasteiger partial charge in [0, 0.05) is 44.0 Å². The van der Waals surface area contributed by atoms with Gasteiger partial charge >= 0.3 is 0 Å². The number of carbonyl (C=O) groups is 2. The van der Waals surface area contributed by atoms with E-state index >= 15 is 0 Å². The van der Waals surface area contributed by atoms with Crippen molar-refractivity contribution in [1.29, 1.82) is 0 Å². The molecule has 1 fully saturated rings. The second-order valence-corrected chi connectivity index (χ2v) is 9.03. The molecule has 0 radical (unpaired) electrons. The van der Waals surface area contributed by atoms with Gasteiger partial charge in [0.1, 0.15) is 5.82 Å². The molecule has 8 heteroatoms. The average Bonchev–Trinajstić information content (AvgIpc) is 3.21. The van der Waals surface area contributed by atoms with Gasteiger partial charge in [0.2, 0.25) is 11.8 Å². The molecule has 0 spiro atoms. The van der Waals surface area contributed by atoms with Gasteiger partial charge < -0.3 is 14.5 Å². The molecule has 0 bridgehead atoms. The van der Waals surface area contributed by atoms with Crippen LogP contribution >= 0.6 is 11.3 Å². The Hall–Kier alpha value is -2.29. The van der Waals surface area contributed by atoms with Gasteiger partial charge in [-0.05, 0) is 41.6 Å². The van der Waals surface area contributed by atoms with Crippen LogP contribution in [0.25, 0.3) is 0 Å². The summed E-state index contributed by atoms with van der Waals surface area (Å²) >= 11 is 1.61. The number of carbonyl (C=O) groups excluding carboxylic acids is 2. The molecule has 2 aromatic rings. The minimum absolute atomic E-state index is 0.0272. The molecular weight excluding hydrogens is 429 g/mol. The van der Waals surface area contributed by atoms with Crippen molar-refractivity contribution in [3.63, 3.8) is 0 Å². The number of thiophene rings is 1. The normalized spacial score (nSPS) is 14.3. The SMILES string of the molecule is CCC(=O)N(CCN1CCOCC1)CC(=O)N(Cc1ccc(F)cc1)Cc1sccc1C. The lowest BCUT2D eigenvalue weighted by Gasteiger charge is -2.31. The van der Waals surface area contributed by atoms with E-state index in [-0.39, 0.29) is 24.2 Å². The van der Waals surface area contributed by atoms with E-state index in [2.05, 4.69) is 4.90 Å². The largest absolute Gasteiger partial charge is 0.379 e. The molecule has 174 valence electrons. The van der Waals surface area contributed by atoms with E-state index in [0.717, 1.165) is 35.6 Å². The summed E-state index contributed by atoms with van der Waals surface area (Å²) in [5.74, 6) is -0.435. The maximum atomic E-state index is 13.4. The van der Waals surface area contributed by atoms with Crippen LogP contribution in [0, 0.1) is 12.7 Å². The maximum Gasteiger partial charge on any atom is 0.242 e. The van der Waals surface area contributed by atoms with Crippen LogP contribution in [0.4, 0.5) is 4.39 Å².